The smallest absolute Gasteiger partial charge is 0.340 e. The minimum absolute atomic E-state index is 0.165. The molecule has 5 nitrogen and oxygen atoms in total. The molecule has 6 heteroatoms. The largest absolute Gasteiger partial charge is 0.462 e. The van der Waals surface area contributed by atoms with Crippen molar-refractivity contribution in [3.8, 4) is 0 Å². The quantitative estimate of drug-likeness (QED) is 0.752. The second-order valence-electron chi connectivity index (χ2n) is 5.80. The number of esters is 1. The summed E-state index contributed by atoms with van der Waals surface area (Å²) < 4.78 is 31.8. The molecule has 0 aromatic heterocycles. The first-order valence-corrected chi connectivity index (χ1v) is 9.08. The van der Waals surface area contributed by atoms with Crippen LogP contribution in [-0.2, 0) is 14.8 Å². The van der Waals surface area contributed by atoms with E-state index in [2.05, 4.69) is 0 Å². The van der Waals surface area contributed by atoms with Crippen molar-refractivity contribution in [3.05, 3.63) is 60.2 Å². The average Bonchev–Trinajstić information content (AvgIpc) is 2.59. The molecule has 0 amide bonds. The topological polar surface area (TPSA) is 63.7 Å². The third-order valence-corrected chi connectivity index (χ3v) is 5.20. The Morgan fingerprint density at radius 1 is 1.04 bits per heavy atom. The number of benzene rings is 2. The lowest BCUT2D eigenvalue weighted by molar-refractivity contribution is 0.0460. The maximum absolute atomic E-state index is 12.7. The zero-order valence-corrected chi connectivity index (χ0v) is 14.8. The summed E-state index contributed by atoms with van der Waals surface area (Å²) in [6.45, 7) is 4.15. The maximum atomic E-state index is 12.7. The first kappa shape index (κ1) is 18.0. The van der Waals surface area contributed by atoms with Gasteiger partial charge in [-0.3, -0.25) is 4.31 Å². The number of anilines is 1. The van der Waals surface area contributed by atoms with Crippen LogP contribution in [0.5, 0.6) is 0 Å². The molecule has 0 bridgehead atoms. The highest BCUT2D eigenvalue weighted by molar-refractivity contribution is 7.92. The van der Waals surface area contributed by atoms with Crippen LogP contribution in [0.3, 0.4) is 0 Å². The number of hydrogen-bond donors (Lipinski definition) is 0. The van der Waals surface area contributed by atoms with Gasteiger partial charge in [0.15, 0.2) is 0 Å². The molecule has 0 atom stereocenters. The van der Waals surface area contributed by atoms with Gasteiger partial charge in [0, 0.05) is 7.05 Å². The Morgan fingerprint density at radius 3 is 2.25 bits per heavy atom. The highest BCUT2D eigenvalue weighted by Crippen LogP contribution is 2.26. The standard InChI is InChI=1S/C18H21NO4S/c1-14(2)13-23-18(20)16-11-7-8-12-17(16)19(3)24(21,22)15-9-5-4-6-10-15/h4-12,14H,13H2,1-3H3. The molecule has 2 rings (SSSR count). The highest BCUT2D eigenvalue weighted by Gasteiger charge is 2.25. The van der Waals surface area contributed by atoms with Crippen molar-refractivity contribution >= 4 is 21.7 Å². The van der Waals surface area contributed by atoms with Crippen LogP contribution in [0.4, 0.5) is 5.69 Å². The summed E-state index contributed by atoms with van der Waals surface area (Å²) in [6, 6.07) is 14.6. The van der Waals surface area contributed by atoms with Crippen LogP contribution >= 0.6 is 0 Å². The summed E-state index contributed by atoms with van der Waals surface area (Å²) >= 11 is 0. The Hall–Kier alpha value is -2.34. The van der Waals surface area contributed by atoms with Gasteiger partial charge in [-0.25, -0.2) is 13.2 Å². The molecule has 0 aliphatic heterocycles. The molecular formula is C18H21NO4S. The molecule has 2 aromatic rings. The number of ether oxygens (including phenoxy) is 1. The molecule has 0 fully saturated rings. The van der Waals surface area contributed by atoms with E-state index in [9.17, 15) is 13.2 Å². The van der Waals surface area contributed by atoms with Crippen LogP contribution in [0.1, 0.15) is 24.2 Å². The average molecular weight is 347 g/mol. The van der Waals surface area contributed by atoms with Gasteiger partial charge >= 0.3 is 5.97 Å². The summed E-state index contributed by atoms with van der Waals surface area (Å²) in [5.41, 5.74) is 0.510. The Balaban J connectivity index is 2.37. The van der Waals surface area contributed by atoms with Gasteiger partial charge in [0.1, 0.15) is 0 Å². The molecule has 0 spiro atoms. The van der Waals surface area contributed by atoms with Crippen LogP contribution < -0.4 is 4.31 Å². The van der Waals surface area contributed by atoms with Crippen molar-refractivity contribution in [2.45, 2.75) is 18.7 Å². The summed E-state index contributed by atoms with van der Waals surface area (Å²) in [5, 5.41) is 0. The van der Waals surface area contributed by atoms with Gasteiger partial charge < -0.3 is 4.74 Å². The number of rotatable bonds is 6. The van der Waals surface area contributed by atoms with E-state index >= 15 is 0 Å². The molecule has 0 aliphatic carbocycles. The van der Waals surface area contributed by atoms with Crippen LogP contribution in [0.15, 0.2) is 59.5 Å². The molecule has 128 valence electrons. The lowest BCUT2D eigenvalue weighted by Gasteiger charge is -2.22. The van der Waals surface area contributed by atoms with Crippen molar-refractivity contribution < 1.29 is 17.9 Å². The summed E-state index contributed by atoms with van der Waals surface area (Å²) in [4.78, 5) is 12.5. The zero-order valence-electron chi connectivity index (χ0n) is 14.0. The molecular weight excluding hydrogens is 326 g/mol. The summed E-state index contributed by atoms with van der Waals surface area (Å²) in [6.07, 6.45) is 0. The van der Waals surface area contributed by atoms with Crippen LogP contribution in [0.2, 0.25) is 0 Å². The lowest BCUT2D eigenvalue weighted by Crippen LogP contribution is -2.28. The van der Waals surface area contributed by atoms with Gasteiger partial charge in [-0.1, -0.05) is 44.2 Å². The zero-order chi connectivity index (χ0) is 17.7. The van der Waals surface area contributed by atoms with E-state index in [0.717, 1.165) is 4.31 Å². The van der Waals surface area contributed by atoms with E-state index in [1.165, 1.54) is 19.2 Å². The molecule has 0 N–H and O–H groups in total. The second kappa shape index (κ2) is 7.49. The first-order chi connectivity index (χ1) is 11.3. The molecule has 0 saturated carbocycles. The maximum Gasteiger partial charge on any atom is 0.340 e. The van der Waals surface area contributed by atoms with Crippen molar-refractivity contribution in [2.75, 3.05) is 18.0 Å². The Bertz CT molecular complexity index is 801. The van der Waals surface area contributed by atoms with Gasteiger partial charge in [0.2, 0.25) is 0 Å². The number of sulfonamides is 1. The van der Waals surface area contributed by atoms with Crippen LogP contribution in [0, 0.1) is 5.92 Å². The Kier molecular flexibility index (Phi) is 5.62. The molecule has 0 saturated heterocycles. The molecule has 0 heterocycles. The molecule has 0 aliphatic rings. The number of nitrogens with zero attached hydrogens (tertiary/aromatic N) is 1. The van der Waals surface area contributed by atoms with Gasteiger partial charge in [-0.05, 0) is 30.2 Å². The van der Waals surface area contributed by atoms with E-state index in [1.807, 2.05) is 13.8 Å². The van der Waals surface area contributed by atoms with Gasteiger partial charge in [0.05, 0.1) is 22.8 Å². The van der Waals surface area contributed by atoms with Crippen molar-refractivity contribution in [1.29, 1.82) is 0 Å². The molecule has 0 radical (unpaired) electrons. The third kappa shape index (κ3) is 3.94. The number of carbonyl (C=O) groups excluding carboxylic acids is 1. The van der Waals surface area contributed by atoms with E-state index in [-0.39, 0.29) is 28.7 Å². The van der Waals surface area contributed by atoms with Crippen molar-refractivity contribution in [2.24, 2.45) is 5.92 Å². The fourth-order valence-corrected chi connectivity index (χ4v) is 3.36. The second-order valence-corrected chi connectivity index (χ2v) is 7.76. The van der Waals surface area contributed by atoms with E-state index in [0.29, 0.717) is 0 Å². The normalized spacial score (nSPS) is 11.3. The molecule has 2 aromatic carbocycles. The van der Waals surface area contributed by atoms with E-state index in [1.54, 1.807) is 42.5 Å². The van der Waals surface area contributed by atoms with Gasteiger partial charge in [-0.15, -0.1) is 0 Å². The van der Waals surface area contributed by atoms with E-state index in [4.69, 9.17) is 4.74 Å². The van der Waals surface area contributed by atoms with Gasteiger partial charge in [0.25, 0.3) is 10.0 Å². The number of carbonyl (C=O) groups is 1. The van der Waals surface area contributed by atoms with Crippen LogP contribution in [0.25, 0.3) is 0 Å². The molecule has 0 unspecified atom stereocenters. The Morgan fingerprint density at radius 2 is 1.62 bits per heavy atom. The predicted octanol–water partition coefficient (Wildman–Crippen LogP) is 3.32. The van der Waals surface area contributed by atoms with Crippen molar-refractivity contribution in [1.82, 2.24) is 0 Å². The minimum Gasteiger partial charge on any atom is -0.462 e. The fourth-order valence-electron chi connectivity index (χ4n) is 2.12. The van der Waals surface area contributed by atoms with Crippen LogP contribution in [-0.4, -0.2) is 28.0 Å². The third-order valence-electron chi connectivity index (χ3n) is 3.41. The lowest BCUT2D eigenvalue weighted by atomic mass is 10.2. The monoisotopic (exact) mass is 347 g/mol. The predicted molar refractivity (Wildman–Crippen MR) is 93.6 cm³/mol. The fraction of sp³-hybridized carbons (Fsp3) is 0.278. The van der Waals surface area contributed by atoms with E-state index < -0.39 is 16.0 Å². The SMILES string of the molecule is CC(C)COC(=O)c1ccccc1N(C)S(=O)(=O)c1ccccc1. The van der Waals surface area contributed by atoms with Gasteiger partial charge in [-0.2, -0.15) is 0 Å². The number of para-hydroxylation sites is 1. The summed E-state index contributed by atoms with van der Waals surface area (Å²) in [7, 11) is -2.33. The first-order valence-electron chi connectivity index (χ1n) is 7.64. The number of hydrogen-bond acceptors (Lipinski definition) is 4. The van der Waals surface area contributed by atoms with Crippen molar-refractivity contribution in [3.63, 3.8) is 0 Å². The highest BCUT2D eigenvalue weighted by atomic mass is 32.2. The minimum atomic E-state index is -3.75. The Labute approximate surface area is 142 Å². The molecule has 24 heavy (non-hydrogen) atoms. The summed E-state index contributed by atoms with van der Waals surface area (Å²) in [5.74, 6) is -0.332.